The lowest BCUT2D eigenvalue weighted by Crippen LogP contribution is -2.28. The molecule has 16 heavy (non-hydrogen) atoms. The zero-order valence-electron chi connectivity index (χ0n) is 9.83. The molecule has 0 radical (unpaired) electrons. The molecule has 1 N–H and O–H groups in total. The number of ether oxygens (including phenoxy) is 1. The molecule has 3 rings (SSSR count). The van der Waals surface area contributed by atoms with Crippen LogP contribution in [0, 0.1) is 5.92 Å². The summed E-state index contributed by atoms with van der Waals surface area (Å²) in [4.78, 5) is 0. The molecule has 0 bridgehead atoms. The minimum atomic E-state index is 0.344. The Morgan fingerprint density at radius 3 is 3.19 bits per heavy atom. The molecule has 1 saturated carbocycles. The van der Waals surface area contributed by atoms with Crippen LogP contribution in [-0.2, 0) is 16.8 Å². The number of hydrogen-bond donors (Lipinski definition) is 1. The predicted octanol–water partition coefficient (Wildman–Crippen LogP) is 2.08. The zero-order chi connectivity index (χ0) is 11.0. The quantitative estimate of drug-likeness (QED) is 0.837. The molecule has 0 amide bonds. The van der Waals surface area contributed by atoms with Gasteiger partial charge in [0.25, 0.3) is 0 Å². The van der Waals surface area contributed by atoms with Crippen molar-refractivity contribution in [3.05, 3.63) is 35.4 Å². The average molecular weight is 217 g/mol. The van der Waals surface area contributed by atoms with E-state index in [-0.39, 0.29) is 0 Å². The third-order valence-corrected chi connectivity index (χ3v) is 4.04. The minimum absolute atomic E-state index is 0.344. The Labute approximate surface area is 97.0 Å². The monoisotopic (exact) mass is 217 g/mol. The SMILES string of the molecule is CCNCC1CC12COCc1ccccc12. The molecule has 1 spiro atoms. The molecule has 1 fully saturated rings. The van der Waals surface area contributed by atoms with Gasteiger partial charge in [-0.25, -0.2) is 0 Å². The number of rotatable bonds is 3. The Bertz CT molecular complexity index is 390. The van der Waals surface area contributed by atoms with Crippen LogP contribution >= 0.6 is 0 Å². The van der Waals surface area contributed by atoms with Gasteiger partial charge in [-0.1, -0.05) is 31.2 Å². The largest absolute Gasteiger partial charge is 0.376 e. The topological polar surface area (TPSA) is 21.3 Å². The number of benzene rings is 1. The van der Waals surface area contributed by atoms with E-state index in [0.29, 0.717) is 5.41 Å². The maximum absolute atomic E-state index is 5.76. The van der Waals surface area contributed by atoms with E-state index in [9.17, 15) is 0 Å². The first-order valence-corrected chi connectivity index (χ1v) is 6.23. The standard InChI is InChI=1S/C14H19NO/c1-2-15-8-12-7-14(12)10-16-9-11-5-3-4-6-13(11)14/h3-6,12,15H,2,7-10H2,1H3. The van der Waals surface area contributed by atoms with E-state index in [1.807, 2.05) is 0 Å². The van der Waals surface area contributed by atoms with Gasteiger partial charge in [-0.3, -0.25) is 0 Å². The number of nitrogens with one attached hydrogen (secondary N) is 1. The molecule has 2 heteroatoms. The highest BCUT2D eigenvalue weighted by Gasteiger charge is 2.56. The zero-order valence-corrected chi connectivity index (χ0v) is 9.83. The van der Waals surface area contributed by atoms with Gasteiger partial charge in [-0.2, -0.15) is 0 Å². The van der Waals surface area contributed by atoms with Crippen molar-refractivity contribution in [1.82, 2.24) is 5.32 Å². The van der Waals surface area contributed by atoms with E-state index in [2.05, 4.69) is 36.5 Å². The molecule has 86 valence electrons. The van der Waals surface area contributed by atoms with Crippen LogP contribution in [0.3, 0.4) is 0 Å². The number of hydrogen-bond acceptors (Lipinski definition) is 2. The van der Waals surface area contributed by atoms with Crippen LogP contribution in [-0.4, -0.2) is 19.7 Å². The number of fused-ring (bicyclic) bond motifs is 2. The van der Waals surface area contributed by atoms with Crippen molar-refractivity contribution < 1.29 is 4.74 Å². The summed E-state index contributed by atoms with van der Waals surface area (Å²) < 4.78 is 5.76. The summed E-state index contributed by atoms with van der Waals surface area (Å²) in [7, 11) is 0. The molecule has 1 aliphatic carbocycles. The molecular weight excluding hydrogens is 198 g/mol. The highest BCUT2D eigenvalue weighted by molar-refractivity contribution is 5.41. The van der Waals surface area contributed by atoms with Crippen LogP contribution in [0.2, 0.25) is 0 Å². The van der Waals surface area contributed by atoms with Gasteiger partial charge in [0.05, 0.1) is 13.2 Å². The normalized spacial score (nSPS) is 31.4. The van der Waals surface area contributed by atoms with Crippen molar-refractivity contribution in [2.45, 2.75) is 25.4 Å². The summed E-state index contributed by atoms with van der Waals surface area (Å²) in [6.07, 6.45) is 1.29. The summed E-state index contributed by atoms with van der Waals surface area (Å²) in [5.74, 6) is 0.772. The minimum Gasteiger partial charge on any atom is -0.376 e. The Hall–Kier alpha value is -0.860. The van der Waals surface area contributed by atoms with E-state index >= 15 is 0 Å². The van der Waals surface area contributed by atoms with Gasteiger partial charge in [-0.05, 0) is 36.6 Å². The molecule has 2 aliphatic rings. The summed E-state index contributed by atoms with van der Waals surface area (Å²) in [5, 5.41) is 3.46. The fraction of sp³-hybridized carbons (Fsp3) is 0.571. The Morgan fingerprint density at radius 2 is 2.31 bits per heavy atom. The molecular formula is C14H19NO. The summed E-state index contributed by atoms with van der Waals surface area (Å²) in [5.41, 5.74) is 3.29. The summed E-state index contributed by atoms with van der Waals surface area (Å²) in [6.45, 7) is 6.08. The van der Waals surface area contributed by atoms with E-state index in [1.54, 1.807) is 5.56 Å². The summed E-state index contributed by atoms with van der Waals surface area (Å²) >= 11 is 0. The van der Waals surface area contributed by atoms with Gasteiger partial charge in [0.1, 0.15) is 0 Å². The average Bonchev–Trinajstić information content (AvgIpc) is 3.01. The van der Waals surface area contributed by atoms with Gasteiger partial charge in [0.15, 0.2) is 0 Å². The van der Waals surface area contributed by atoms with Crippen molar-refractivity contribution in [3.63, 3.8) is 0 Å². The van der Waals surface area contributed by atoms with Crippen molar-refractivity contribution in [2.75, 3.05) is 19.7 Å². The smallest absolute Gasteiger partial charge is 0.0720 e. The molecule has 2 nitrogen and oxygen atoms in total. The van der Waals surface area contributed by atoms with Crippen LogP contribution in [0.1, 0.15) is 24.5 Å². The van der Waals surface area contributed by atoms with E-state index in [0.717, 1.165) is 32.2 Å². The van der Waals surface area contributed by atoms with Crippen molar-refractivity contribution in [2.24, 2.45) is 5.92 Å². The van der Waals surface area contributed by atoms with Crippen molar-refractivity contribution in [3.8, 4) is 0 Å². The first-order valence-electron chi connectivity index (χ1n) is 6.23. The van der Waals surface area contributed by atoms with E-state index in [1.165, 1.54) is 12.0 Å². The van der Waals surface area contributed by atoms with Gasteiger partial charge in [-0.15, -0.1) is 0 Å². The Balaban J connectivity index is 1.84. The van der Waals surface area contributed by atoms with Gasteiger partial charge < -0.3 is 10.1 Å². The maximum atomic E-state index is 5.76. The molecule has 2 unspecified atom stereocenters. The Kier molecular flexibility index (Phi) is 2.49. The van der Waals surface area contributed by atoms with Crippen LogP contribution in [0.5, 0.6) is 0 Å². The fourth-order valence-corrected chi connectivity index (χ4v) is 3.03. The summed E-state index contributed by atoms with van der Waals surface area (Å²) in [6, 6.07) is 8.78. The molecule has 1 aromatic rings. The third kappa shape index (κ3) is 1.48. The maximum Gasteiger partial charge on any atom is 0.0720 e. The highest BCUT2D eigenvalue weighted by atomic mass is 16.5. The van der Waals surface area contributed by atoms with Crippen molar-refractivity contribution in [1.29, 1.82) is 0 Å². The van der Waals surface area contributed by atoms with Gasteiger partial charge in [0, 0.05) is 5.41 Å². The second-order valence-electron chi connectivity index (χ2n) is 5.01. The predicted molar refractivity (Wildman–Crippen MR) is 64.4 cm³/mol. The van der Waals surface area contributed by atoms with Crippen LogP contribution in [0.15, 0.2) is 24.3 Å². The second-order valence-corrected chi connectivity index (χ2v) is 5.01. The highest BCUT2D eigenvalue weighted by Crippen LogP contribution is 2.56. The lowest BCUT2D eigenvalue weighted by atomic mass is 9.88. The Morgan fingerprint density at radius 1 is 1.44 bits per heavy atom. The van der Waals surface area contributed by atoms with Crippen molar-refractivity contribution >= 4 is 0 Å². The molecule has 1 aromatic carbocycles. The lowest BCUT2D eigenvalue weighted by Gasteiger charge is -2.27. The first kappa shape index (κ1) is 10.3. The molecule has 0 saturated heterocycles. The fourth-order valence-electron chi connectivity index (χ4n) is 3.03. The van der Waals surface area contributed by atoms with Gasteiger partial charge in [0.2, 0.25) is 0 Å². The second kappa shape index (κ2) is 3.86. The molecule has 0 aromatic heterocycles. The van der Waals surface area contributed by atoms with Gasteiger partial charge >= 0.3 is 0 Å². The van der Waals surface area contributed by atoms with Crippen LogP contribution in [0.4, 0.5) is 0 Å². The molecule has 1 heterocycles. The molecule has 2 atom stereocenters. The van der Waals surface area contributed by atoms with Crippen LogP contribution < -0.4 is 5.32 Å². The first-order chi connectivity index (χ1) is 7.87. The third-order valence-electron chi connectivity index (χ3n) is 4.04. The lowest BCUT2D eigenvalue weighted by molar-refractivity contribution is 0.0791. The van der Waals surface area contributed by atoms with E-state index < -0.39 is 0 Å². The molecule has 1 aliphatic heterocycles. The van der Waals surface area contributed by atoms with Crippen LogP contribution in [0.25, 0.3) is 0 Å². The van der Waals surface area contributed by atoms with E-state index in [4.69, 9.17) is 4.74 Å².